The van der Waals surface area contributed by atoms with Crippen molar-refractivity contribution in [3.63, 3.8) is 0 Å². The number of nitrogens with zero attached hydrogens (tertiary/aromatic N) is 2. The minimum absolute atomic E-state index is 0.140. The molecule has 0 aromatic heterocycles. The second-order valence-corrected chi connectivity index (χ2v) is 6.96. The zero-order valence-corrected chi connectivity index (χ0v) is 15.9. The standard InChI is InChI=1S/C19H19ClFN3OS/c1-13(25)14-2-7-18(17(21)12-14)23-8-10-24(11-9-23)19(26)22-16-5-3-15(20)4-6-16/h2-7,12H,8-11H2,1H3,(H,22,26). The predicted octanol–water partition coefficient (Wildman–Crippen LogP) is 4.20. The Bertz CT molecular complexity index is 820. The molecule has 7 heteroatoms. The normalized spacial score (nSPS) is 14.3. The summed E-state index contributed by atoms with van der Waals surface area (Å²) in [4.78, 5) is 15.4. The molecule has 0 saturated carbocycles. The lowest BCUT2D eigenvalue weighted by Crippen LogP contribution is -2.50. The highest BCUT2D eigenvalue weighted by molar-refractivity contribution is 7.80. The Kier molecular flexibility index (Phi) is 5.74. The summed E-state index contributed by atoms with van der Waals surface area (Å²) in [5.74, 6) is -0.507. The summed E-state index contributed by atoms with van der Waals surface area (Å²) in [6.07, 6.45) is 0. The molecular formula is C19H19ClFN3OS. The minimum atomic E-state index is -0.368. The van der Waals surface area contributed by atoms with Crippen molar-refractivity contribution in [2.24, 2.45) is 0 Å². The quantitative estimate of drug-likeness (QED) is 0.626. The van der Waals surface area contributed by atoms with E-state index in [1.165, 1.54) is 13.0 Å². The van der Waals surface area contributed by atoms with Gasteiger partial charge in [0.25, 0.3) is 0 Å². The van der Waals surface area contributed by atoms with Gasteiger partial charge < -0.3 is 15.1 Å². The Labute approximate surface area is 162 Å². The van der Waals surface area contributed by atoms with Gasteiger partial charge in [0.05, 0.1) is 5.69 Å². The van der Waals surface area contributed by atoms with E-state index in [0.29, 0.717) is 47.6 Å². The number of benzene rings is 2. The molecule has 0 aliphatic carbocycles. The molecule has 0 amide bonds. The topological polar surface area (TPSA) is 35.6 Å². The van der Waals surface area contributed by atoms with E-state index in [1.807, 2.05) is 17.0 Å². The van der Waals surface area contributed by atoms with Crippen LogP contribution in [0.25, 0.3) is 0 Å². The van der Waals surface area contributed by atoms with Crippen LogP contribution in [0.4, 0.5) is 15.8 Å². The first-order chi connectivity index (χ1) is 12.4. The van der Waals surface area contributed by atoms with Gasteiger partial charge in [0.1, 0.15) is 5.82 Å². The number of ketones is 1. The number of Topliss-reactive ketones (excluding diaryl/α,β-unsaturated/α-hetero) is 1. The van der Waals surface area contributed by atoms with Crippen molar-refractivity contribution in [3.8, 4) is 0 Å². The van der Waals surface area contributed by atoms with Crippen molar-refractivity contribution < 1.29 is 9.18 Å². The average molecular weight is 392 g/mol. The van der Waals surface area contributed by atoms with Gasteiger partial charge in [-0.2, -0.15) is 0 Å². The van der Waals surface area contributed by atoms with Gasteiger partial charge in [0.2, 0.25) is 0 Å². The van der Waals surface area contributed by atoms with Crippen LogP contribution >= 0.6 is 23.8 Å². The number of halogens is 2. The molecule has 0 bridgehead atoms. The molecule has 26 heavy (non-hydrogen) atoms. The molecule has 1 fully saturated rings. The zero-order valence-electron chi connectivity index (χ0n) is 14.3. The molecule has 3 rings (SSSR count). The van der Waals surface area contributed by atoms with Crippen LogP contribution in [0.3, 0.4) is 0 Å². The first-order valence-electron chi connectivity index (χ1n) is 8.31. The lowest BCUT2D eigenvalue weighted by atomic mass is 10.1. The number of hydrogen-bond acceptors (Lipinski definition) is 3. The van der Waals surface area contributed by atoms with Crippen LogP contribution in [0.1, 0.15) is 17.3 Å². The van der Waals surface area contributed by atoms with Gasteiger partial charge in [-0.3, -0.25) is 4.79 Å². The number of carbonyl (C=O) groups excluding carboxylic acids is 1. The Balaban J connectivity index is 1.59. The highest BCUT2D eigenvalue weighted by Gasteiger charge is 2.21. The van der Waals surface area contributed by atoms with Gasteiger partial charge in [0.15, 0.2) is 10.9 Å². The first kappa shape index (κ1) is 18.6. The van der Waals surface area contributed by atoms with Crippen molar-refractivity contribution in [2.45, 2.75) is 6.92 Å². The fourth-order valence-electron chi connectivity index (χ4n) is 2.87. The lowest BCUT2D eigenvalue weighted by molar-refractivity contribution is 0.101. The second-order valence-electron chi connectivity index (χ2n) is 6.13. The van der Waals surface area contributed by atoms with E-state index in [-0.39, 0.29) is 11.6 Å². The van der Waals surface area contributed by atoms with E-state index in [0.717, 1.165) is 5.69 Å². The van der Waals surface area contributed by atoms with Crippen molar-refractivity contribution in [2.75, 3.05) is 36.4 Å². The van der Waals surface area contributed by atoms with Crippen molar-refractivity contribution >= 4 is 46.1 Å². The maximum absolute atomic E-state index is 14.3. The minimum Gasteiger partial charge on any atom is -0.366 e. The molecule has 1 aliphatic rings. The molecule has 1 heterocycles. The fraction of sp³-hybridized carbons (Fsp3) is 0.263. The Morgan fingerprint density at radius 2 is 1.77 bits per heavy atom. The summed E-state index contributed by atoms with van der Waals surface area (Å²) in [6, 6.07) is 12.0. The van der Waals surface area contributed by atoms with E-state index >= 15 is 0 Å². The van der Waals surface area contributed by atoms with Crippen LogP contribution < -0.4 is 10.2 Å². The summed E-state index contributed by atoms with van der Waals surface area (Å²) in [6.45, 7) is 4.11. The van der Waals surface area contributed by atoms with Crippen molar-refractivity contribution in [1.29, 1.82) is 0 Å². The van der Waals surface area contributed by atoms with Crippen LogP contribution in [0.2, 0.25) is 5.02 Å². The van der Waals surface area contributed by atoms with E-state index in [2.05, 4.69) is 10.2 Å². The molecule has 2 aromatic rings. The number of anilines is 2. The number of thiocarbonyl (C=S) groups is 1. The third-order valence-corrected chi connectivity index (χ3v) is 4.97. The van der Waals surface area contributed by atoms with Crippen molar-refractivity contribution in [1.82, 2.24) is 4.90 Å². The van der Waals surface area contributed by atoms with E-state index in [4.69, 9.17) is 23.8 Å². The summed E-state index contributed by atoms with van der Waals surface area (Å²) >= 11 is 11.4. The molecule has 1 aliphatic heterocycles. The Morgan fingerprint density at radius 1 is 1.12 bits per heavy atom. The molecule has 1 saturated heterocycles. The summed E-state index contributed by atoms with van der Waals surface area (Å²) < 4.78 is 14.3. The largest absolute Gasteiger partial charge is 0.366 e. The molecule has 136 valence electrons. The van der Waals surface area contributed by atoms with Crippen LogP contribution in [0.15, 0.2) is 42.5 Å². The number of piperazine rings is 1. The molecule has 0 atom stereocenters. The smallest absolute Gasteiger partial charge is 0.173 e. The molecule has 0 unspecified atom stereocenters. The van der Waals surface area contributed by atoms with Crippen molar-refractivity contribution in [3.05, 3.63) is 58.9 Å². The average Bonchev–Trinajstić information content (AvgIpc) is 2.63. The summed E-state index contributed by atoms with van der Waals surface area (Å²) in [7, 11) is 0. The number of nitrogens with one attached hydrogen (secondary N) is 1. The predicted molar refractivity (Wildman–Crippen MR) is 108 cm³/mol. The molecule has 0 radical (unpaired) electrons. The Morgan fingerprint density at radius 3 is 2.35 bits per heavy atom. The van der Waals surface area contributed by atoms with Gasteiger partial charge in [-0.25, -0.2) is 4.39 Å². The molecular weight excluding hydrogens is 373 g/mol. The van der Waals surface area contributed by atoms with E-state index < -0.39 is 0 Å². The molecule has 1 N–H and O–H groups in total. The van der Waals surface area contributed by atoms with E-state index in [9.17, 15) is 9.18 Å². The highest BCUT2D eigenvalue weighted by Crippen LogP contribution is 2.23. The van der Waals surface area contributed by atoms with Gasteiger partial charge >= 0.3 is 0 Å². The molecule has 0 spiro atoms. The number of carbonyl (C=O) groups is 1. The summed E-state index contributed by atoms with van der Waals surface area (Å²) in [5, 5.41) is 4.51. The van der Waals surface area contributed by atoms with Crippen LogP contribution in [0, 0.1) is 5.82 Å². The third-order valence-electron chi connectivity index (χ3n) is 4.36. The van der Waals surface area contributed by atoms with E-state index in [1.54, 1.807) is 24.3 Å². The fourth-order valence-corrected chi connectivity index (χ4v) is 3.29. The highest BCUT2D eigenvalue weighted by atomic mass is 35.5. The van der Waals surface area contributed by atoms with Gasteiger partial charge in [-0.15, -0.1) is 0 Å². The van der Waals surface area contributed by atoms with Crippen LogP contribution in [-0.4, -0.2) is 42.0 Å². The maximum Gasteiger partial charge on any atom is 0.173 e. The SMILES string of the molecule is CC(=O)c1ccc(N2CCN(C(=S)Nc3ccc(Cl)cc3)CC2)c(F)c1. The lowest BCUT2D eigenvalue weighted by Gasteiger charge is -2.37. The first-order valence-corrected chi connectivity index (χ1v) is 9.09. The number of rotatable bonds is 3. The monoisotopic (exact) mass is 391 g/mol. The third kappa shape index (κ3) is 4.31. The summed E-state index contributed by atoms with van der Waals surface area (Å²) in [5.41, 5.74) is 1.79. The van der Waals surface area contributed by atoms with Crippen LogP contribution in [-0.2, 0) is 0 Å². The number of hydrogen-bond donors (Lipinski definition) is 1. The van der Waals surface area contributed by atoms with Gasteiger partial charge in [-0.1, -0.05) is 11.6 Å². The zero-order chi connectivity index (χ0) is 18.7. The molecule has 4 nitrogen and oxygen atoms in total. The van der Waals surface area contributed by atoms with Crippen LogP contribution in [0.5, 0.6) is 0 Å². The Hall–Kier alpha value is -2.18. The van der Waals surface area contributed by atoms with Gasteiger partial charge in [-0.05, 0) is 61.6 Å². The maximum atomic E-state index is 14.3. The van der Waals surface area contributed by atoms with Gasteiger partial charge in [0, 0.05) is 42.5 Å². The molecule has 2 aromatic carbocycles. The second kappa shape index (κ2) is 8.01.